The number of β-amino-alcohol motifs (C(OH)–C–C–N with tert-alkyl or cyclic N) is 1. The SMILES string of the molecule is Cc1cn(-c2cc(CN3CCCC(NC(=O)CN4CC(O)C4)C3)cc(-c3c(-c4ccccc4)ccnc3C(N)=O)c2)cn1. The molecule has 10 nitrogen and oxygen atoms in total. The zero-order valence-corrected chi connectivity index (χ0v) is 24.3. The minimum absolute atomic E-state index is 0.00233. The van der Waals surface area contributed by atoms with Gasteiger partial charge in [-0.3, -0.25) is 24.4 Å². The summed E-state index contributed by atoms with van der Waals surface area (Å²) >= 11 is 0. The van der Waals surface area contributed by atoms with Gasteiger partial charge in [-0.2, -0.15) is 0 Å². The molecule has 0 aliphatic carbocycles. The maximum Gasteiger partial charge on any atom is 0.267 e. The van der Waals surface area contributed by atoms with E-state index in [0.29, 0.717) is 31.7 Å². The Kier molecular flexibility index (Phi) is 8.33. The van der Waals surface area contributed by atoms with Crippen LogP contribution in [0.2, 0.25) is 0 Å². The molecular weight excluding hydrogens is 542 g/mol. The summed E-state index contributed by atoms with van der Waals surface area (Å²) in [6.45, 7) is 5.72. The second-order valence-electron chi connectivity index (χ2n) is 11.6. The van der Waals surface area contributed by atoms with Gasteiger partial charge in [0.05, 0.1) is 24.7 Å². The fraction of sp³-hybridized carbons (Fsp3) is 0.333. The molecule has 2 aromatic carbocycles. The highest BCUT2D eigenvalue weighted by Gasteiger charge is 2.28. The van der Waals surface area contributed by atoms with Crippen molar-refractivity contribution in [2.75, 3.05) is 32.7 Å². The van der Waals surface area contributed by atoms with E-state index in [1.807, 2.05) is 65.1 Å². The molecule has 4 heterocycles. The molecule has 4 aromatic rings. The summed E-state index contributed by atoms with van der Waals surface area (Å²) in [7, 11) is 0. The van der Waals surface area contributed by atoms with Crippen LogP contribution >= 0.6 is 0 Å². The lowest BCUT2D eigenvalue weighted by Gasteiger charge is -2.37. The predicted octanol–water partition coefficient (Wildman–Crippen LogP) is 2.77. The summed E-state index contributed by atoms with van der Waals surface area (Å²) in [5.41, 5.74) is 12.4. The average molecular weight is 580 g/mol. The number of carbonyl (C=O) groups excluding carboxylic acids is 2. The Morgan fingerprint density at radius 2 is 1.84 bits per heavy atom. The standard InChI is InChI=1S/C33H37N7O3/c1-22-15-40(21-36-22)27-13-23(16-38-11-5-8-26(17-38)37-30(42)20-39-18-28(41)19-39)12-25(14-27)31-29(24-6-3-2-4-7-24)9-10-35-32(31)33(34)43/h2-4,6-7,9-10,12-15,21,26,28,41H,5,8,11,16-20H2,1H3,(H2,34,43)(H,37,42). The molecule has 6 rings (SSSR count). The number of primary amides is 1. The number of aryl methyl sites for hydroxylation is 1. The first kappa shape index (κ1) is 28.7. The fourth-order valence-corrected chi connectivity index (χ4v) is 6.14. The monoisotopic (exact) mass is 579 g/mol. The molecule has 1 unspecified atom stereocenters. The number of amides is 2. The lowest BCUT2D eigenvalue weighted by atomic mass is 9.91. The number of rotatable bonds is 9. The van der Waals surface area contributed by atoms with Gasteiger partial charge in [0, 0.05) is 55.9 Å². The number of pyridine rings is 1. The van der Waals surface area contributed by atoms with Crippen LogP contribution in [0.4, 0.5) is 0 Å². The summed E-state index contributed by atoms with van der Waals surface area (Å²) < 4.78 is 1.98. The number of nitrogens with one attached hydrogen (secondary N) is 1. The number of imidazole rings is 1. The number of nitrogens with two attached hydrogens (primary N) is 1. The summed E-state index contributed by atoms with van der Waals surface area (Å²) in [6.07, 6.45) is 6.98. The van der Waals surface area contributed by atoms with Crippen LogP contribution in [0.3, 0.4) is 0 Å². The van der Waals surface area contributed by atoms with Gasteiger partial charge in [0.1, 0.15) is 5.69 Å². The number of aliphatic hydroxyl groups is 1. The van der Waals surface area contributed by atoms with Crippen molar-refractivity contribution < 1.29 is 14.7 Å². The first-order valence-electron chi connectivity index (χ1n) is 14.7. The van der Waals surface area contributed by atoms with E-state index in [1.165, 1.54) is 0 Å². The number of hydrogen-bond donors (Lipinski definition) is 3. The Balaban J connectivity index is 1.32. The third-order valence-corrected chi connectivity index (χ3v) is 8.13. The zero-order chi connectivity index (χ0) is 29.9. The third-order valence-electron chi connectivity index (χ3n) is 8.13. The second-order valence-corrected chi connectivity index (χ2v) is 11.6. The Bertz CT molecular complexity index is 1610. The lowest BCUT2D eigenvalue weighted by Crippen LogP contribution is -2.56. The van der Waals surface area contributed by atoms with Crippen molar-refractivity contribution in [2.24, 2.45) is 5.73 Å². The Morgan fingerprint density at radius 3 is 2.56 bits per heavy atom. The molecule has 222 valence electrons. The van der Waals surface area contributed by atoms with Crippen LogP contribution in [0, 0.1) is 6.92 Å². The van der Waals surface area contributed by atoms with E-state index < -0.39 is 5.91 Å². The van der Waals surface area contributed by atoms with Crippen molar-refractivity contribution in [1.82, 2.24) is 29.7 Å². The molecule has 4 N–H and O–H groups in total. The highest BCUT2D eigenvalue weighted by atomic mass is 16.3. The largest absolute Gasteiger partial charge is 0.390 e. The van der Waals surface area contributed by atoms with E-state index in [4.69, 9.17) is 5.73 Å². The van der Waals surface area contributed by atoms with Gasteiger partial charge in [-0.15, -0.1) is 0 Å². The van der Waals surface area contributed by atoms with Crippen molar-refractivity contribution >= 4 is 11.8 Å². The van der Waals surface area contributed by atoms with Crippen LogP contribution in [0.15, 0.2) is 73.3 Å². The summed E-state index contributed by atoms with van der Waals surface area (Å²) in [5.74, 6) is -0.580. The van der Waals surface area contributed by atoms with Crippen LogP contribution in [0.1, 0.15) is 34.6 Å². The molecular formula is C33H37N7O3. The summed E-state index contributed by atoms with van der Waals surface area (Å²) in [5, 5.41) is 12.7. The van der Waals surface area contributed by atoms with Crippen molar-refractivity contribution in [3.05, 3.63) is 90.3 Å². The van der Waals surface area contributed by atoms with E-state index in [9.17, 15) is 14.7 Å². The molecule has 0 bridgehead atoms. The molecule has 0 radical (unpaired) electrons. The highest BCUT2D eigenvalue weighted by Crippen LogP contribution is 2.36. The van der Waals surface area contributed by atoms with E-state index >= 15 is 0 Å². The molecule has 2 aromatic heterocycles. The van der Waals surface area contributed by atoms with Crippen LogP contribution in [-0.4, -0.2) is 86.1 Å². The highest BCUT2D eigenvalue weighted by molar-refractivity contribution is 6.02. The normalized spacial score (nSPS) is 17.9. The molecule has 2 amide bonds. The van der Waals surface area contributed by atoms with Gasteiger partial charge in [-0.1, -0.05) is 30.3 Å². The second kappa shape index (κ2) is 12.5. The molecule has 10 heteroatoms. The minimum Gasteiger partial charge on any atom is -0.390 e. The van der Waals surface area contributed by atoms with Gasteiger partial charge in [0.2, 0.25) is 5.91 Å². The molecule has 0 spiro atoms. The number of aromatic nitrogens is 3. The fourth-order valence-electron chi connectivity index (χ4n) is 6.14. The predicted molar refractivity (Wildman–Crippen MR) is 164 cm³/mol. The number of carbonyl (C=O) groups is 2. The summed E-state index contributed by atoms with van der Waals surface area (Å²) in [4.78, 5) is 38.4. The Hall–Kier alpha value is -4.38. The number of aliphatic hydroxyl groups excluding tert-OH is 1. The zero-order valence-electron chi connectivity index (χ0n) is 24.3. The third kappa shape index (κ3) is 6.67. The van der Waals surface area contributed by atoms with Crippen molar-refractivity contribution in [3.8, 4) is 27.9 Å². The van der Waals surface area contributed by atoms with Crippen LogP contribution in [-0.2, 0) is 11.3 Å². The van der Waals surface area contributed by atoms with Crippen LogP contribution in [0.5, 0.6) is 0 Å². The first-order chi connectivity index (χ1) is 20.8. The summed E-state index contributed by atoms with van der Waals surface area (Å²) in [6, 6.07) is 18.2. The maximum atomic E-state index is 12.7. The van der Waals surface area contributed by atoms with Gasteiger partial charge in [-0.05, 0) is 72.8 Å². The van der Waals surface area contributed by atoms with Crippen LogP contribution in [0.25, 0.3) is 27.9 Å². The molecule has 1 atom stereocenters. The number of likely N-dealkylation sites (tertiary alicyclic amines) is 2. The Morgan fingerprint density at radius 1 is 1.02 bits per heavy atom. The minimum atomic E-state index is -0.583. The number of piperidine rings is 1. The maximum absolute atomic E-state index is 12.7. The van der Waals surface area contributed by atoms with E-state index in [2.05, 4.69) is 32.3 Å². The molecule has 43 heavy (non-hydrogen) atoms. The van der Waals surface area contributed by atoms with Crippen LogP contribution < -0.4 is 11.1 Å². The van der Waals surface area contributed by atoms with Gasteiger partial charge < -0.3 is 20.7 Å². The molecule has 2 aliphatic heterocycles. The lowest BCUT2D eigenvalue weighted by molar-refractivity contribution is -0.126. The first-order valence-corrected chi connectivity index (χ1v) is 14.7. The van der Waals surface area contributed by atoms with Crippen molar-refractivity contribution in [2.45, 2.75) is 38.5 Å². The smallest absolute Gasteiger partial charge is 0.267 e. The Labute approximate surface area is 251 Å². The number of hydrogen-bond acceptors (Lipinski definition) is 7. The number of nitrogens with zero attached hydrogens (tertiary/aromatic N) is 5. The van der Waals surface area contributed by atoms with E-state index in [1.54, 1.807) is 12.5 Å². The van der Waals surface area contributed by atoms with Crippen molar-refractivity contribution in [3.63, 3.8) is 0 Å². The van der Waals surface area contributed by atoms with E-state index in [0.717, 1.165) is 59.6 Å². The molecule has 2 saturated heterocycles. The van der Waals surface area contributed by atoms with Crippen molar-refractivity contribution in [1.29, 1.82) is 0 Å². The molecule has 2 aliphatic rings. The average Bonchev–Trinajstić information content (AvgIpc) is 3.42. The van der Waals surface area contributed by atoms with Gasteiger partial charge in [0.25, 0.3) is 5.91 Å². The topological polar surface area (TPSA) is 130 Å². The van der Waals surface area contributed by atoms with Gasteiger partial charge in [0.15, 0.2) is 0 Å². The van der Waals surface area contributed by atoms with Gasteiger partial charge in [-0.25, -0.2) is 4.98 Å². The van der Waals surface area contributed by atoms with E-state index in [-0.39, 0.29) is 23.7 Å². The molecule has 0 saturated carbocycles. The van der Waals surface area contributed by atoms with Gasteiger partial charge >= 0.3 is 0 Å². The molecule has 2 fully saturated rings. The number of benzene rings is 2. The quantitative estimate of drug-likeness (QED) is 0.278.